The van der Waals surface area contributed by atoms with Crippen molar-refractivity contribution in [3.05, 3.63) is 54.1 Å². The Morgan fingerprint density at radius 2 is 1.81 bits per heavy atom. The van der Waals surface area contributed by atoms with Crippen molar-refractivity contribution in [3.8, 4) is 16.9 Å². The van der Waals surface area contributed by atoms with Crippen LogP contribution in [0, 0.1) is 0 Å². The van der Waals surface area contributed by atoms with Gasteiger partial charge in [0, 0.05) is 5.56 Å². The largest absolute Gasteiger partial charge is 0.496 e. The summed E-state index contributed by atoms with van der Waals surface area (Å²) in [7, 11) is 1.65. The topological polar surface area (TPSA) is 29.5 Å². The predicted octanol–water partition coefficient (Wildman–Crippen LogP) is 2.85. The molecule has 2 heteroatoms. The van der Waals surface area contributed by atoms with Gasteiger partial charge in [-0.25, -0.2) is 0 Å². The van der Waals surface area contributed by atoms with Crippen LogP contribution in [0.5, 0.6) is 5.75 Å². The van der Waals surface area contributed by atoms with Crippen molar-refractivity contribution in [3.63, 3.8) is 0 Å². The summed E-state index contributed by atoms with van der Waals surface area (Å²) in [6, 6.07) is 15.7. The number of methoxy groups -OCH3 is 1. The quantitative estimate of drug-likeness (QED) is 0.851. The van der Waals surface area contributed by atoms with E-state index in [0.29, 0.717) is 0 Å². The minimum absolute atomic E-state index is 0.0455. The van der Waals surface area contributed by atoms with E-state index in [9.17, 15) is 0 Å². The number of aliphatic hydroxyl groups is 1. The first kappa shape index (κ1) is 10.7. The smallest absolute Gasteiger partial charge is 0.126 e. The summed E-state index contributed by atoms with van der Waals surface area (Å²) in [5.74, 6) is 0.823. The molecule has 0 radical (unpaired) electrons. The van der Waals surface area contributed by atoms with Crippen molar-refractivity contribution >= 4 is 0 Å². The fourth-order valence-electron chi connectivity index (χ4n) is 1.70. The molecule has 0 fully saturated rings. The lowest BCUT2D eigenvalue weighted by Crippen LogP contribution is -1.90. The molecule has 0 aliphatic carbocycles. The minimum Gasteiger partial charge on any atom is -0.496 e. The van der Waals surface area contributed by atoms with Crippen molar-refractivity contribution in [2.75, 3.05) is 7.11 Å². The van der Waals surface area contributed by atoms with Crippen LogP contribution in [0.3, 0.4) is 0 Å². The number of ether oxygens (including phenoxy) is 1. The number of hydrogen-bond acceptors (Lipinski definition) is 2. The van der Waals surface area contributed by atoms with E-state index in [1.807, 2.05) is 48.5 Å². The standard InChI is InChI=1S/C14H14O2/c1-16-14-8-7-11(10-15)9-13(14)12-5-3-2-4-6-12/h2-9,15H,10H2,1H3. The van der Waals surface area contributed by atoms with Crippen LogP contribution in [-0.2, 0) is 6.61 Å². The number of benzene rings is 2. The highest BCUT2D eigenvalue weighted by atomic mass is 16.5. The maximum absolute atomic E-state index is 9.13. The highest BCUT2D eigenvalue weighted by Gasteiger charge is 2.05. The highest BCUT2D eigenvalue weighted by Crippen LogP contribution is 2.30. The zero-order valence-corrected chi connectivity index (χ0v) is 9.18. The molecule has 0 saturated carbocycles. The van der Waals surface area contributed by atoms with Crippen molar-refractivity contribution < 1.29 is 9.84 Å². The van der Waals surface area contributed by atoms with Crippen LogP contribution in [0.4, 0.5) is 0 Å². The van der Waals surface area contributed by atoms with Gasteiger partial charge in [0.05, 0.1) is 13.7 Å². The highest BCUT2D eigenvalue weighted by molar-refractivity contribution is 5.71. The molecule has 1 N–H and O–H groups in total. The van der Waals surface area contributed by atoms with E-state index >= 15 is 0 Å². The monoisotopic (exact) mass is 214 g/mol. The van der Waals surface area contributed by atoms with Crippen LogP contribution in [0.2, 0.25) is 0 Å². The first-order chi connectivity index (χ1) is 7.85. The van der Waals surface area contributed by atoms with Crippen molar-refractivity contribution in [1.29, 1.82) is 0 Å². The van der Waals surface area contributed by atoms with Crippen molar-refractivity contribution in [2.45, 2.75) is 6.61 Å². The average molecular weight is 214 g/mol. The van der Waals surface area contributed by atoms with Crippen LogP contribution >= 0.6 is 0 Å². The maximum Gasteiger partial charge on any atom is 0.126 e. The van der Waals surface area contributed by atoms with Gasteiger partial charge in [-0.3, -0.25) is 0 Å². The maximum atomic E-state index is 9.13. The molecule has 0 aromatic heterocycles. The van der Waals surface area contributed by atoms with Crippen LogP contribution in [-0.4, -0.2) is 12.2 Å². The van der Waals surface area contributed by atoms with Gasteiger partial charge in [-0.15, -0.1) is 0 Å². The molecule has 0 aliphatic rings. The summed E-state index contributed by atoms with van der Waals surface area (Å²) >= 11 is 0. The molecule has 16 heavy (non-hydrogen) atoms. The Hall–Kier alpha value is -1.80. The second-order valence-corrected chi connectivity index (χ2v) is 3.56. The van der Waals surface area contributed by atoms with E-state index in [4.69, 9.17) is 9.84 Å². The lowest BCUT2D eigenvalue weighted by Gasteiger charge is -2.10. The fraction of sp³-hybridized carbons (Fsp3) is 0.143. The molecule has 0 heterocycles. The van der Waals surface area contributed by atoms with Gasteiger partial charge in [-0.05, 0) is 23.3 Å². The molecule has 0 saturated heterocycles. The third-order valence-corrected chi connectivity index (χ3v) is 2.53. The predicted molar refractivity (Wildman–Crippen MR) is 64.4 cm³/mol. The first-order valence-corrected chi connectivity index (χ1v) is 5.18. The lowest BCUT2D eigenvalue weighted by molar-refractivity contribution is 0.281. The molecular weight excluding hydrogens is 200 g/mol. The van der Waals surface area contributed by atoms with Gasteiger partial charge in [0.15, 0.2) is 0 Å². The van der Waals surface area contributed by atoms with Crippen LogP contribution < -0.4 is 4.74 Å². The summed E-state index contributed by atoms with van der Waals surface area (Å²) in [6.07, 6.45) is 0. The van der Waals surface area contributed by atoms with E-state index in [0.717, 1.165) is 22.4 Å². The van der Waals surface area contributed by atoms with Gasteiger partial charge in [-0.2, -0.15) is 0 Å². The summed E-state index contributed by atoms with van der Waals surface area (Å²) < 4.78 is 5.32. The summed E-state index contributed by atoms with van der Waals surface area (Å²) in [5, 5.41) is 9.13. The Kier molecular flexibility index (Phi) is 3.22. The second-order valence-electron chi connectivity index (χ2n) is 3.56. The fourth-order valence-corrected chi connectivity index (χ4v) is 1.70. The van der Waals surface area contributed by atoms with E-state index in [-0.39, 0.29) is 6.61 Å². The van der Waals surface area contributed by atoms with Crippen LogP contribution in [0.15, 0.2) is 48.5 Å². The molecule has 82 valence electrons. The van der Waals surface area contributed by atoms with Crippen LogP contribution in [0.25, 0.3) is 11.1 Å². The Morgan fingerprint density at radius 1 is 1.06 bits per heavy atom. The number of aliphatic hydroxyl groups excluding tert-OH is 1. The summed E-state index contributed by atoms with van der Waals surface area (Å²) in [6.45, 7) is 0.0455. The van der Waals surface area contributed by atoms with Gasteiger partial charge in [0.2, 0.25) is 0 Å². The third kappa shape index (κ3) is 2.07. The molecular formula is C14H14O2. The molecule has 0 spiro atoms. The number of hydrogen-bond donors (Lipinski definition) is 1. The van der Waals surface area contributed by atoms with Gasteiger partial charge < -0.3 is 9.84 Å². The minimum atomic E-state index is 0.0455. The molecule has 0 aliphatic heterocycles. The van der Waals surface area contributed by atoms with Gasteiger partial charge in [0.25, 0.3) is 0 Å². The molecule has 0 unspecified atom stereocenters. The average Bonchev–Trinajstić information content (AvgIpc) is 2.39. The molecule has 2 aromatic carbocycles. The van der Waals surface area contributed by atoms with Crippen molar-refractivity contribution in [1.82, 2.24) is 0 Å². The number of rotatable bonds is 3. The zero-order valence-electron chi connectivity index (χ0n) is 9.18. The molecule has 2 nitrogen and oxygen atoms in total. The first-order valence-electron chi connectivity index (χ1n) is 5.18. The normalized spacial score (nSPS) is 10.1. The Labute approximate surface area is 95.1 Å². The summed E-state index contributed by atoms with van der Waals surface area (Å²) in [5.41, 5.74) is 2.99. The van der Waals surface area contributed by atoms with E-state index in [1.54, 1.807) is 7.11 Å². The van der Waals surface area contributed by atoms with E-state index < -0.39 is 0 Å². The van der Waals surface area contributed by atoms with Gasteiger partial charge >= 0.3 is 0 Å². The van der Waals surface area contributed by atoms with Gasteiger partial charge in [0.1, 0.15) is 5.75 Å². The van der Waals surface area contributed by atoms with Gasteiger partial charge in [-0.1, -0.05) is 36.4 Å². The Morgan fingerprint density at radius 3 is 2.44 bits per heavy atom. The van der Waals surface area contributed by atoms with Crippen molar-refractivity contribution in [2.24, 2.45) is 0 Å². The lowest BCUT2D eigenvalue weighted by atomic mass is 10.0. The van der Waals surface area contributed by atoms with E-state index in [1.165, 1.54) is 0 Å². The summed E-state index contributed by atoms with van der Waals surface area (Å²) in [4.78, 5) is 0. The Balaban J connectivity index is 2.53. The van der Waals surface area contributed by atoms with E-state index in [2.05, 4.69) is 0 Å². The molecule has 2 rings (SSSR count). The molecule has 2 aromatic rings. The molecule has 0 atom stereocenters. The van der Waals surface area contributed by atoms with Crippen LogP contribution in [0.1, 0.15) is 5.56 Å². The molecule has 0 bridgehead atoms. The Bertz CT molecular complexity index is 463. The SMILES string of the molecule is COc1ccc(CO)cc1-c1ccccc1. The second kappa shape index (κ2) is 4.81. The molecule has 0 amide bonds. The zero-order chi connectivity index (χ0) is 11.4. The third-order valence-electron chi connectivity index (χ3n) is 2.53.